The van der Waals surface area contributed by atoms with Gasteiger partial charge in [0.2, 0.25) is 0 Å². The van der Waals surface area contributed by atoms with Gasteiger partial charge in [-0.15, -0.1) is 0 Å². The third kappa shape index (κ3) is 3.76. The van der Waals surface area contributed by atoms with E-state index in [1.54, 1.807) is 0 Å². The normalized spacial score (nSPS) is 17.6. The summed E-state index contributed by atoms with van der Waals surface area (Å²) in [5.74, 6) is 0. The predicted octanol–water partition coefficient (Wildman–Crippen LogP) is 3.20. The van der Waals surface area contributed by atoms with E-state index in [1.807, 2.05) is 12.3 Å². The maximum Gasteiger partial charge on any atom is 0.129 e. The van der Waals surface area contributed by atoms with Crippen LogP contribution < -0.4 is 5.32 Å². The second kappa shape index (κ2) is 6.21. The molecule has 0 atom stereocenters. The Labute approximate surface area is 102 Å². The number of pyridine rings is 1. The fraction of sp³-hybridized carbons (Fsp3) is 0.615. The molecule has 1 aliphatic carbocycles. The van der Waals surface area contributed by atoms with E-state index < -0.39 is 0 Å². The molecule has 1 fully saturated rings. The fourth-order valence-electron chi connectivity index (χ4n) is 2.28. The molecule has 2 rings (SSSR count). The van der Waals surface area contributed by atoms with Gasteiger partial charge in [-0.1, -0.05) is 36.9 Å². The number of halogens is 1. The average molecular weight is 239 g/mol. The molecule has 16 heavy (non-hydrogen) atoms. The summed E-state index contributed by atoms with van der Waals surface area (Å²) in [6.45, 7) is 1.05. The van der Waals surface area contributed by atoms with E-state index in [0.717, 1.165) is 19.0 Å². The first-order valence-corrected chi connectivity index (χ1v) is 6.56. The smallest absolute Gasteiger partial charge is 0.129 e. The molecule has 0 aliphatic heterocycles. The van der Waals surface area contributed by atoms with Crippen molar-refractivity contribution >= 4 is 11.6 Å². The van der Waals surface area contributed by atoms with Crippen LogP contribution >= 0.6 is 11.6 Å². The van der Waals surface area contributed by atoms with Crippen LogP contribution in [0.2, 0.25) is 5.15 Å². The molecule has 0 spiro atoms. The molecule has 1 aromatic rings. The van der Waals surface area contributed by atoms with E-state index in [-0.39, 0.29) is 0 Å². The first kappa shape index (κ1) is 11.9. The van der Waals surface area contributed by atoms with Crippen LogP contribution in [0.3, 0.4) is 0 Å². The van der Waals surface area contributed by atoms with Crippen molar-refractivity contribution in [2.45, 2.75) is 44.6 Å². The van der Waals surface area contributed by atoms with Crippen LogP contribution in [0.15, 0.2) is 18.3 Å². The molecule has 1 saturated carbocycles. The minimum atomic E-state index is 0.573. The zero-order valence-corrected chi connectivity index (χ0v) is 10.3. The van der Waals surface area contributed by atoms with E-state index in [0.29, 0.717) is 5.15 Å². The second-order valence-electron chi connectivity index (χ2n) is 4.53. The van der Waals surface area contributed by atoms with Gasteiger partial charge in [-0.2, -0.15) is 0 Å². The lowest BCUT2D eigenvalue weighted by Crippen LogP contribution is -2.32. The first-order chi connectivity index (χ1) is 7.84. The molecule has 0 radical (unpaired) electrons. The molecule has 1 N–H and O–H groups in total. The van der Waals surface area contributed by atoms with Crippen molar-refractivity contribution in [1.82, 2.24) is 10.3 Å². The molecule has 0 saturated heterocycles. The van der Waals surface area contributed by atoms with Gasteiger partial charge in [-0.3, -0.25) is 0 Å². The van der Waals surface area contributed by atoms with Crippen LogP contribution in [0.1, 0.15) is 37.7 Å². The van der Waals surface area contributed by atoms with Crippen LogP contribution in [0.4, 0.5) is 0 Å². The highest BCUT2D eigenvalue weighted by atomic mass is 35.5. The van der Waals surface area contributed by atoms with Crippen LogP contribution in [0.5, 0.6) is 0 Å². The zero-order valence-electron chi connectivity index (χ0n) is 9.58. The number of nitrogens with one attached hydrogen (secondary N) is 1. The van der Waals surface area contributed by atoms with Crippen molar-refractivity contribution in [1.29, 1.82) is 0 Å². The van der Waals surface area contributed by atoms with Gasteiger partial charge < -0.3 is 5.32 Å². The Hall–Kier alpha value is -0.600. The number of rotatable bonds is 4. The van der Waals surface area contributed by atoms with Gasteiger partial charge in [-0.05, 0) is 37.4 Å². The lowest BCUT2D eigenvalue weighted by atomic mass is 9.95. The largest absolute Gasteiger partial charge is 0.314 e. The summed E-state index contributed by atoms with van der Waals surface area (Å²) in [7, 11) is 0. The Morgan fingerprint density at radius 3 is 2.75 bits per heavy atom. The van der Waals surface area contributed by atoms with Crippen LogP contribution in [0, 0.1) is 0 Å². The van der Waals surface area contributed by atoms with Crippen LogP contribution in [0.25, 0.3) is 0 Å². The minimum Gasteiger partial charge on any atom is -0.314 e. The average Bonchev–Trinajstić information content (AvgIpc) is 2.33. The van der Waals surface area contributed by atoms with Gasteiger partial charge in [0.1, 0.15) is 5.15 Å². The van der Waals surface area contributed by atoms with Gasteiger partial charge in [0.15, 0.2) is 0 Å². The number of nitrogens with zero attached hydrogens (tertiary/aromatic N) is 1. The van der Waals surface area contributed by atoms with Crippen LogP contribution in [-0.2, 0) is 6.42 Å². The lowest BCUT2D eigenvalue weighted by molar-refractivity contribution is 0.375. The van der Waals surface area contributed by atoms with Crippen molar-refractivity contribution in [2.75, 3.05) is 6.54 Å². The van der Waals surface area contributed by atoms with Crippen molar-refractivity contribution in [3.63, 3.8) is 0 Å². The summed E-state index contributed by atoms with van der Waals surface area (Å²) >= 11 is 5.74. The molecule has 0 unspecified atom stereocenters. The Kier molecular flexibility index (Phi) is 4.61. The molecule has 1 heterocycles. The molecular formula is C13H19ClN2. The highest BCUT2D eigenvalue weighted by Crippen LogP contribution is 2.17. The summed E-state index contributed by atoms with van der Waals surface area (Å²) < 4.78 is 0. The van der Waals surface area contributed by atoms with Crippen molar-refractivity contribution in [3.05, 3.63) is 29.0 Å². The van der Waals surface area contributed by atoms with Gasteiger partial charge >= 0.3 is 0 Å². The van der Waals surface area contributed by atoms with Gasteiger partial charge in [0, 0.05) is 12.2 Å². The Bertz CT molecular complexity index is 304. The highest BCUT2D eigenvalue weighted by molar-refractivity contribution is 6.29. The molecule has 88 valence electrons. The maximum atomic E-state index is 5.74. The molecule has 3 heteroatoms. The Balaban J connectivity index is 1.69. The van der Waals surface area contributed by atoms with E-state index >= 15 is 0 Å². The highest BCUT2D eigenvalue weighted by Gasteiger charge is 2.11. The third-order valence-corrected chi connectivity index (χ3v) is 3.46. The summed E-state index contributed by atoms with van der Waals surface area (Å²) in [5, 5.41) is 4.20. The topological polar surface area (TPSA) is 24.9 Å². The third-order valence-electron chi connectivity index (χ3n) is 3.24. The van der Waals surface area contributed by atoms with E-state index in [1.165, 1.54) is 37.7 Å². The van der Waals surface area contributed by atoms with Gasteiger partial charge in [-0.25, -0.2) is 4.98 Å². The lowest BCUT2D eigenvalue weighted by Gasteiger charge is -2.22. The van der Waals surface area contributed by atoms with Gasteiger partial charge in [0.25, 0.3) is 0 Å². The molecule has 0 amide bonds. The van der Waals surface area contributed by atoms with E-state index in [4.69, 9.17) is 11.6 Å². The van der Waals surface area contributed by atoms with Gasteiger partial charge in [0.05, 0.1) is 0 Å². The van der Waals surface area contributed by atoms with Crippen molar-refractivity contribution in [3.8, 4) is 0 Å². The summed E-state index contributed by atoms with van der Waals surface area (Å²) in [6, 6.07) is 4.66. The minimum absolute atomic E-state index is 0.573. The Morgan fingerprint density at radius 1 is 1.25 bits per heavy atom. The first-order valence-electron chi connectivity index (χ1n) is 6.18. The SMILES string of the molecule is Clc1ccc(CCNC2CCCCC2)cn1. The molecule has 0 bridgehead atoms. The quantitative estimate of drug-likeness (QED) is 0.815. The standard InChI is InChI=1S/C13H19ClN2/c14-13-7-6-11(10-16-13)8-9-15-12-4-2-1-3-5-12/h6-7,10,12,15H,1-5,8-9H2. The zero-order chi connectivity index (χ0) is 11.2. The maximum absolute atomic E-state index is 5.74. The molecule has 2 nitrogen and oxygen atoms in total. The summed E-state index contributed by atoms with van der Waals surface area (Å²) in [6.07, 6.45) is 9.79. The van der Waals surface area contributed by atoms with E-state index in [2.05, 4.69) is 16.4 Å². The monoisotopic (exact) mass is 238 g/mol. The van der Waals surface area contributed by atoms with Crippen LogP contribution in [-0.4, -0.2) is 17.6 Å². The molecule has 0 aromatic carbocycles. The summed E-state index contributed by atoms with van der Waals surface area (Å²) in [4.78, 5) is 4.08. The number of hydrogen-bond donors (Lipinski definition) is 1. The van der Waals surface area contributed by atoms with Crippen molar-refractivity contribution in [2.24, 2.45) is 0 Å². The number of hydrogen-bond acceptors (Lipinski definition) is 2. The number of aromatic nitrogens is 1. The second-order valence-corrected chi connectivity index (χ2v) is 4.92. The predicted molar refractivity (Wildman–Crippen MR) is 67.8 cm³/mol. The molecule has 1 aromatic heterocycles. The fourth-order valence-corrected chi connectivity index (χ4v) is 2.39. The molecular weight excluding hydrogens is 220 g/mol. The van der Waals surface area contributed by atoms with E-state index in [9.17, 15) is 0 Å². The Morgan fingerprint density at radius 2 is 2.06 bits per heavy atom. The van der Waals surface area contributed by atoms with Crippen molar-refractivity contribution < 1.29 is 0 Å². The molecule has 1 aliphatic rings. The summed E-state index contributed by atoms with van der Waals surface area (Å²) in [5.41, 5.74) is 1.26.